The van der Waals surface area contributed by atoms with Gasteiger partial charge >= 0.3 is 0 Å². The molecule has 1 aromatic rings. The van der Waals surface area contributed by atoms with E-state index >= 15 is 0 Å². The van der Waals surface area contributed by atoms with E-state index in [1.54, 1.807) is 0 Å². The molecule has 1 aromatic heterocycles. The van der Waals surface area contributed by atoms with E-state index in [0.29, 0.717) is 5.82 Å². The van der Waals surface area contributed by atoms with Crippen LogP contribution in [0.4, 0.5) is 0 Å². The topological polar surface area (TPSA) is 106 Å². The van der Waals surface area contributed by atoms with Crippen molar-refractivity contribution in [1.82, 2.24) is 24.8 Å². The van der Waals surface area contributed by atoms with Gasteiger partial charge in [0.25, 0.3) is 0 Å². The molecule has 8 nitrogen and oxygen atoms in total. The van der Waals surface area contributed by atoms with Crippen LogP contribution >= 0.6 is 0 Å². The molecule has 20 heavy (non-hydrogen) atoms. The van der Waals surface area contributed by atoms with E-state index in [-0.39, 0.29) is 12.5 Å². The van der Waals surface area contributed by atoms with E-state index in [1.807, 2.05) is 4.57 Å². The summed E-state index contributed by atoms with van der Waals surface area (Å²) in [5, 5.41) is 10.8. The first kappa shape index (κ1) is 14.9. The Morgan fingerprint density at radius 1 is 1.40 bits per heavy atom. The number of carbonyl (C=O) groups is 1. The predicted molar refractivity (Wildman–Crippen MR) is 72.2 cm³/mol. The Labute approximate surface area is 118 Å². The minimum atomic E-state index is -3.40. The first-order chi connectivity index (χ1) is 9.37. The number of aryl methyl sites for hydroxylation is 1. The number of nitrogens with zero attached hydrogens (tertiary/aromatic N) is 3. The molecule has 0 aliphatic carbocycles. The molecule has 2 rings (SSSR count). The van der Waals surface area contributed by atoms with Gasteiger partial charge in [-0.3, -0.25) is 4.79 Å². The number of hydrogen-bond acceptors (Lipinski definition) is 5. The number of hydrogen-bond donors (Lipinski definition) is 2. The summed E-state index contributed by atoms with van der Waals surface area (Å²) in [5.74, 6) is 1.27. The van der Waals surface area contributed by atoms with Crippen LogP contribution in [0.3, 0.4) is 0 Å². The summed E-state index contributed by atoms with van der Waals surface area (Å²) in [4.78, 5) is 11.8. The van der Waals surface area contributed by atoms with Crippen LogP contribution in [0, 0.1) is 0 Å². The van der Waals surface area contributed by atoms with Crippen molar-refractivity contribution in [3.63, 3.8) is 0 Å². The molecule has 0 saturated heterocycles. The summed E-state index contributed by atoms with van der Waals surface area (Å²) < 4.78 is 26.3. The van der Waals surface area contributed by atoms with E-state index in [2.05, 4.69) is 20.2 Å². The van der Waals surface area contributed by atoms with Gasteiger partial charge in [0.15, 0.2) is 5.82 Å². The highest BCUT2D eigenvalue weighted by atomic mass is 32.2. The molecule has 2 N–H and O–H groups in total. The van der Waals surface area contributed by atoms with Crippen LogP contribution in [0.1, 0.15) is 31.4 Å². The highest BCUT2D eigenvalue weighted by Crippen LogP contribution is 2.13. The number of sulfonamides is 1. The maximum atomic E-state index is 11.8. The molecule has 0 saturated carbocycles. The summed E-state index contributed by atoms with van der Waals surface area (Å²) >= 11 is 0. The second kappa shape index (κ2) is 5.88. The lowest BCUT2D eigenvalue weighted by molar-refractivity contribution is -0.122. The molecular weight excluding hydrogens is 282 g/mol. The lowest BCUT2D eigenvalue weighted by atomic mass is 10.2. The quantitative estimate of drug-likeness (QED) is 0.738. The van der Waals surface area contributed by atoms with Gasteiger partial charge < -0.3 is 9.88 Å². The van der Waals surface area contributed by atoms with Crippen molar-refractivity contribution >= 4 is 15.9 Å². The molecule has 0 aromatic carbocycles. The first-order valence-electron chi connectivity index (χ1n) is 6.53. The summed E-state index contributed by atoms with van der Waals surface area (Å²) in [5.41, 5.74) is 0. The van der Waals surface area contributed by atoms with Crippen molar-refractivity contribution in [2.75, 3.05) is 6.26 Å². The van der Waals surface area contributed by atoms with Gasteiger partial charge in [-0.05, 0) is 19.8 Å². The van der Waals surface area contributed by atoms with Crippen molar-refractivity contribution in [2.45, 2.75) is 45.3 Å². The van der Waals surface area contributed by atoms with Gasteiger partial charge in [0.2, 0.25) is 15.9 Å². The van der Waals surface area contributed by atoms with Crippen LogP contribution in [0.5, 0.6) is 0 Å². The molecule has 0 spiro atoms. The van der Waals surface area contributed by atoms with Gasteiger partial charge in [-0.25, -0.2) is 13.1 Å². The van der Waals surface area contributed by atoms with E-state index in [9.17, 15) is 13.2 Å². The number of fused-ring (bicyclic) bond motifs is 1. The zero-order valence-corrected chi connectivity index (χ0v) is 12.4. The SMILES string of the molecule is C[C@@H](NS(C)(=O)=O)C(=O)NCc1nnc2n1CCCC2. The largest absolute Gasteiger partial charge is 0.347 e. The molecule has 112 valence electrons. The number of amides is 1. The normalized spacial score (nSPS) is 16.5. The van der Waals surface area contributed by atoms with Crippen LogP contribution < -0.4 is 10.0 Å². The molecule has 0 fully saturated rings. The first-order valence-corrected chi connectivity index (χ1v) is 8.42. The van der Waals surface area contributed by atoms with Gasteiger partial charge in [0.05, 0.1) is 18.8 Å². The van der Waals surface area contributed by atoms with Crippen LogP contribution in [-0.2, 0) is 34.3 Å². The van der Waals surface area contributed by atoms with E-state index < -0.39 is 16.1 Å². The van der Waals surface area contributed by atoms with Gasteiger partial charge in [-0.15, -0.1) is 10.2 Å². The van der Waals surface area contributed by atoms with E-state index in [1.165, 1.54) is 6.92 Å². The van der Waals surface area contributed by atoms with Crippen LogP contribution in [-0.4, -0.2) is 41.4 Å². The number of nitrogens with one attached hydrogen (secondary N) is 2. The van der Waals surface area contributed by atoms with Crippen molar-refractivity contribution in [3.05, 3.63) is 11.6 Å². The van der Waals surface area contributed by atoms with Crippen LogP contribution in [0.15, 0.2) is 0 Å². The Morgan fingerprint density at radius 2 is 2.15 bits per heavy atom. The molecule has 0 radical (unpaired) electrons. The van der Waals surface area contributed by atoms with Gasteiger partial charge in [-0.2, -0.15) is 0 Å². The van der Waals surface area contributed by atoms with E-state index in [4.69, 9.17) is 0 Å². The van der Waals surface area contributed by atoms with Crippen molar-refractivity contribution in [2.24, 2.45) is 0 Å². The highest BCUT2D eigenvalue weighted by molar-refractivity contribution is 7.88. The third-order valence-corrected chi connectivity index (χ3v) is 3.92. The smallest absolute Gasteiger partial charge is 0.238 e. The molecule has 2 heterocycles. The molecular formula is C11H19N5O3S. The average molecular weight is 301 g/mol. The van der Waals surface area contributed by atoms with Crippen LogP contribution in [0.25, 0.3) is 0 Å². The maximum absolute atomic E-state index is 11.8. The molecule has 1 atom stereocenters. The number of aromatic nitrogens is 3. The fourth-order valence-electron chi connectivity index (χ4n) is 2.19. The molecule has 1 aliphatic heterocycles. The summed E-state index contributed by atoms with van der Waals surface area (Å²) in [6, 6.07) is -0.811. The van der Waals surface area contributed by atoms with Gasteiger partial charge in [-0.1, -0.05) is 0 Å². The van der Waals surface area contributed by atoms with Crippen molar-refractivity contribution in [1.29, 1.82) is 0 Å². The average Bonchev–Trinajstić information content (AvgIpc) is 2.77. The Balaban J connectivity index is 1.92. The summed E-state index contributed by atoms with van der Waals surface area (Å²) in [6.45, 7) is 2.61. The Hall–Kier alpha value is -1.48. The molecule has 0 bridgehead atoms. The fraction of sp³-hybridized carbons (Fsp3) is 0.727. The number of rotatable bonds is 5. The molecule has 9 heteroatoms. The molecule has 0 unspecified atom stereocenters. The summed E-state index contributed by atoms with van der Waals surface area (Å²) in [6.07, 6.45) is 4.12. The van der Waals surface area contributed by atoms with Gasteiger partial charge in [0, 0.05) is 13.0 Å². The Kier molecular flexibility index (Phi) is 4.39. The third kappa shape index (κ3) is 3.76. The lowest BCUT2D eigenvalue weighted by Crippen LogP contribution is -2.44. The fourth-order valence-corrected chi connectivity index (χ4v) is 2.94. The zero-order chi connectivity index (χ0) is 14.8. The minimum Gasteiger partial charge on any atom is -0.347 e. The molecule has 1 aliphatic rings. The lowest BCUT2D eigenvalue weighted by Gasteiger charge is -2.16. The highest BCUT2D eigenvalue weighted by Gasteiger charge is 2.19. The third-order valence-electron chi connectivity index (χ3n) is 3.14. The standard InChI is InChI=1S/C11H19N5O3S/c1-8(15-20(2,18)19)11(17)12-7-10-14-13-9-5-3-4-6-16(9)10/h8,15H,3-7H2,1-2H3,(H,12,17)/t8-/m1/s1. The summed E-state index contributed by atoms with van der Waals surface area (Å²) in [7, 11) is -3.40. The Morgan fingerprint density at radius 3 is 2.85 bits per heavy atom. The zero-order valence-electron chi connectivity index (χ0n) is 11.6. The van der Waals surface area contributed by atoms with Crippen LogP contribution in [0.2, 0.25) is 0 Å². The maximum Gasteiger partial charge on any atom is 0.238 e. The Bertz CT molecular complexity index is 595. The predicted octanol–water partition coefficient (Wildman–Crippen LogP) is -0.832. The van der Waals surface area contributed by atoms with Gasteiger partial charge in [0.1, 0.15) is 5.82 Å². The minimum absolute atomic E-state index is 0.252. The van der Waals surface area contributed by atoms with E-state index in [0.717, 1.165) is 37.9 Å². The monoisotopic (exact) mass is 301 g/mol. The van der Waals surface area contributed by atoms with Crippen molar-refractivity contribution in [3.8, 4) is 0 Å². The second-order valence-electron chi connectivity index (χ2n) is 4.97. The van der Waals surface area contributed by atoms with Crippen molar-refractivity contribution < 1.29 is 13.2 Å². The number of carbonyl (C=O) groups excluding carboxylic acids is 1. The molecule has 1 amide bonds. The second-order valence-corrected chi connectivity index (χ2v) is 6.75.